The van der Waals surface area contributed by atoms with Crippen LogP contribution in [0, 0.1) is 0 Å². The first kappa shape index (κ1) is 10.7. The molecule has 2 rings (SSSR count). The van der Waals surface area contributed by atoms with Crippen LogP contribution in [-0.4, -0.2) is 40.8 Å². The van der Waals surface area contributed by atoms with E-state index in [1.54, 1.807) is 0 Å². The van der Waals surface area contributed by atoms with Gasteiger partial charge in [-0.15, -0.1) is 0 Å². The highest BCUT2D eigenvalue weighted by atomic mass is 32.2. The molecule has 2 aliphatic rings. The zero-order valence-corrected chi connectivity index (χ0v) is 9.41. The van der Waals surface area contributed by atoms with Crippen LogP contribution in [0.5, 0.6) is 0 Å². The summed E-state index contributed by atoms with van der Waals surface area (Å²) in [6, 6.07) is 0. The number of hydrogen-bond acceptors (Lipinski definition) is 4. The monoisotopic (exact) mass is 216 g/mol. The third kappa shape index (κ3) is 1.81. The quantitative estimate of drug-likeness (QED) is 0.591. The van der Waals surface area contributed by atoms with E-state index in [1.165, 1.54) is 5.75 Å². The van der Waals surface area contributed by atoms with Crippen molar-refractivity contribution in [2.75, 3.05) is 24.6 Å². The van der Waals surface area contributed by atoms with E-state index >= 15 is 0 Å². The molecular weight excluding hydrogens is 196 g/mol. The van der Waals surface area contributed by atoms with Crippen LogP contribution in [0.1, 0.15) is 25.7 Å². The predicted molar refractivity (Wildman–Crippen MR) is 60.5 cm³/mol. The molecule has 0 aromatic rings. The van der Waals surface area contributed by atoms with Crippen molar-refractivity contribution in [1.29, 1.82) is 0 Å². The molecule has 4 heteroatoms. The molecule has 14 heavy (non-hydrogen) atoms. The van der Waals surface area contributed by atoms with Crippen LogP contribution in [0.3, 0.4) is 0 Å². The van der Waals surface area contributed by atoms with Crippen molar-refractivity contribution in [3.8, 4) is 0 Å². The van der Waals surface area contributed by atoms with Crippen LogP contribution in [-0.2, 0) is 0 Å². The third-order valence-electron chi connectivity index (χ3n) is 3.64. The molecule has 2 aliphatic heterocycles. The van der Waals surface area contributed by atoms with Gasteiger partial charge in [0.15, 0.2) is 0 Å². The topological polar surface area (TPSA) is 58.3 Å². The summed E-state index contributed by atoms with van der Waals surface area (Å²) in [6.45, 7) is 1.90. The highest BCUT2D eigenvalue weighted by molar-refractivity contribution is 7.99. The molecule has 4 N–H and O–H groups in total. The second kappa shape index (κ2) is 4.00. The average Bonchev–Trinajstić information content (AvgIpc) is 2.20. The molecule has 3 nitrogen and oxygen atoms in total. The first-order valence-corrected chi connectivity index (χ1v) is 6.62. The maximum Gasteiger partial charge on any atom is 0.0917 e. The van der Waals surface area contributed by atoms with Crippen LogP contribution >= 0.6 is 11.8 Å². The zero-order chi connectivity index (χ0) is 10.1. The van der Waals surface area contributed by atoms with Gasteiger partial charge < -0.3 is 16.2 Å². The molecule has 0 aromatic heterocycles. The second-order valence-electron chi connectivity index (χ2n) is 4.59. The van der Waals surface area contributed by atoms with Crippen molar-refractivity contribution < 1.29 is 5.11 Å². The summed E-state index contributed by atoms with van der Waals surface area (Å²) in [7, 11) is 0. The van der Waals surface area contributed by atoms with Gasteiger partial charge in [0.1, 0.15) is 0 Å². The molecule has 82 valence electrons. The molecule has 0 amide bonds. The normalized spacial score (nSPS) is 38.1. The van der Waals surface area contributed by atoms with Crippen molar-refractivity contribution in [2.45, 2.75) is 36.8 Å². The van der Waals surface area contributed by atoms with Gasteiger partial charge in [-0.2, -0.15) is 11.8 Å². The fourth-order valence-corrected chi connectivity index (χ4v) is 3.77. The minimum absolute atomic E-state index is 0.342. The van der Waals surface area contributed by atoms with Crippen LogP contribution in [0.25, 0.3) is 0 Å². The lowest BCUT2D eigenvalue weighted by Crippen LogP contribution is -2.66. The number of nitrogens with two attached hydrogens (primary N) is 1. The Morgan fingerprint density at radius 2 is 1.93 bits per heavy atom. The third-order valence-corrected chi connectivity index (χ3v) is 4.90. The Balaban J connectivity index is 2.09. The molecule has 2 saturated heterocycles. The van der Waals surface area contributed by atoms with E-state index in [1.807, 2.05) is 11.8 Å². The van der Waals surface area contributed by atoms with Crippen LogP contribution < -0.4 is 11.1 Å². The van der Waals surface area contributed by atoms with E-state index < -0.39 is 5.60 Å². The van der Waals surface area contributed by atoms with Gasteiger partial charge in [0.05, 0.1) is 5.60 Å². The van der Waals surface area contributed by atoms with Crippen LogP contribution in [0.15, 0.2) is 0 Å². The van der Waals surface area contributed by atoms with Gasteiger partial charge in [-0.3, -0.25) is 0 Å². The molecule has 2 heterocycles. The number of thioether (sulfide) groups is 1. The summed E-state index contributed by atoms with van der Waals surface area (Å²) in [6.07, 6.45) is 3.80. The Kier molecular flexibility index (Phi) is 3.07. The zero-order valence-electron chi connectivity index (χ0n) is 8.59. The molecule has 2 fully saturated rings. The summed E-state index contributed by atoms with van der Waals surface area (Å²) >= 11 is 1.84. The summed E-state index contributed by atoms with van der Waals surface area (Å²) in [5, 5.41) is 13.9. The lowest BCUT2D eigenvalue weighted by atomic mass is 9.72. The standard InChI is InChI=1S/C10H20N2OS/c11-9(3-5-12-6-4-9)10(13)2-1-7-14-8-10/h12-13H,1-8,11H2. The first-order chi connectivity index (χ1) is 6.66. The van der Waals surface area contributed by atoms with Crippen LogP contribution in [0.2, 0.25) is 0 Å². The van der Waals surface area contributed by atoms with Crippen molar-refractivity contribution >= 4 is 11.8 Å². The minimum atomic E-state index is -0.613. The molecular formula is C10H20N2OS. The highest BCUT2D eigenvalue weighted by Crippen LogP contribution is 2.38. The number of nitrogens with one attached hydrogen (secondary N) is 1. The van der Waals surface area contributed by atoms with Crippen LogP contribution in [0.4, 0.5) is 0 Å². The Bertz CT molecular complexity index is 176. The molecule has 0 spiro atoms. The fourth-order valence-electron chi connectivity index (χ4n) is 2.51. The Labute approximate surface area is 89.8 Å². The molecule has 1 atom stereocenters. The van der Waals surface area contributed by atoms with E-state index in [4.69, 9.17) is 5.73 Å². The summed E-state index contributed by atoms with van der Waals surface area (Å²) in [5.74, 6) is 2.00. The predicted octanol–water partition coefficient (Wildman–Crippen LogP) is 0.325. The Hall–Kier alpha value is 0.230. The SMILES string of the molecule is NC1(C2(O)CCCSC2)CCNCC1. The largest absolute Gasteiger partial charge is 0.387 e. The number of piperidine rings is 1. The van der Waals surface area contributed by atoms with Gasteiger partial charge in [0.2, 0.25) is 0 Å². The van der Waals surface area contributed by atoms with Gasteiger partial charge in [-0.1, -0.05) is 0 Å². The highest BCUT2D eigenvalue weighted by Gasteiger charge is 2.48. The van der Waals surface area contributed by atoms with Gasteiger partial charge in [0.25, 0.3) is 0 Å². The van der Waals surface area contributed by atoms with Gasteiger partial charge in [-0.25, -0.2) is 0 Å². The van der Waals surface area contributed by atoms with Gasteiger partial charge in [-0.05, 0) is 44.5 Å². The number of rotatable bonds is 1. The lowest BCUT2D eigenvalue weighted by molar-refractivity contribution is -0.0379. The van der Waals surface area contributed by atoms with E-state index in [0.717, 1.165) is 44.5 Å². The smallest absolute Gasteiger partial charge is 0.0917 e. The Morgan fingerprint density at radius 1 is 1.21 bits per heavy atom. The van der Waals surface area contributed by atoms with Crippen molar-refractivity contribution in [2.24, 2.45) is 5.73 Å². The maximum absolute atomic E-state index is 10.6. The molecule has 1 unspecified atom stereocenters. The summed E-state index contributed by atoms with van der Waals surface area (Å²) < 4.78 is 0. The average molecular weight is 216 g/mol. The fraction of sp³-hybridized carbons (Fsp3) is 1.00. The van der Waals surface area contributed by atoms with E-state index in [2.05, 4.69) is 5.32 Å². The van der Waals surface area contributed by atoms with Gasteiger partial charge in [0, 0.05) is 11.3 Å². The van der Waals surface area contributed by atoms with Crippen molar-refractivity contribution in [3.63, 3.8) is 0 Å². The van der Waals surface area contributed by atoms with Crippen molar-refractivity contribution in [3.05, 3.63) is 0 Å². The first-order valence-electron chi connectivity index (χ1n) is 5.46. The Morgan fingerprint density at radius 3 is 2.50 bits per heavy atom. The minimum Gasteiger partial charge on any atom is -0.387 e. The van der Waals surface area contributed by atoms with Gasteiger partial charge >= 0.3 is 0 Å². The molecule has 0 bridgehead atoms. The molecule has 0 saturated carbocycles. The van der Waals surface area contributed by atoms with Crippen molar-refractivity contribution in [1.82, 2.24) is 5.32 Å². The maximum atomic E-state index is 10.6. The summed E-state index contributed by atoms with van der Waals surface area (Å²) in [5.41, 5.74) is 5.41. The second-order valence-corrected chi connectivity index (χ2v) is 5.70. The van der Waals surface area contributed by atoms with E-state index in [0.29, 0.717) is 0 Å². The van der Waals surface area contributed by atoms with E-state index in [9.17, 15) is 5.11 Å². The molecule has 0 radical (unpaired) electrons. The molecule has 0 aliphatic carbocycles. The number of hydrogen-bond donors (Lipinski definition) is 3. The summed E-state index contributed by atoms with van der Waals surface area (Å²) in [4.78, 5) is 0. The lowest BCUT2D eigenvalue weighted by Gasteiger charge is -2.48. The number of aliphatic hydroxyl groups is 1. The molecule has 0 aromatic carbocycles. The van der Waals surface area contributed by atoms with E-state index in [-0.39, 0.29) is 5.54 Å².